The maximum atomic E-state index is 5.82. The molecule has 1 unspecified atom stereocenters. The fourth-order valence-corrected chi connectivity index (χ4v) is 2.37. The summed E-state index contributed by atoms with van der Waals surface area (Å²) in [5.41, 5.74) is 2.82. The molecule has 1 aliphatic carbocycles. The van der Waals surface area contributed by atoms with Gasteiger partial charge in [0, 0.05) is 12.0 Å². The number of hydrogen-bond donors (Lipinski definition) is 1. The van der Waals surface area contributed by atoms with E-state index in [1.165, 1.54) is 11.1 Å². The van der Waals surface area contributed by atoms with Crippen molar-refractivity contribution < 1.29 is 4.42 Å². The van der Waals surface area contributed by atoms with Crippen molar-refractivity contribution in [3.63, 3.8) is 0 Å². The second-order valence-corrected chi connectivity index (χ2v) is 5.15. The third kappa shape index (κ3) is 2.06. The molecule has 1 aromatic heterocycles. The Morgan fingerprint density at radius 1 is 1.39 bits per heavy atom. The van der Waals surface area contributed by atoms with Crippen molar-refractivity contribution in [2.45, 2.75) is 38.8 Å². The molecule has 1 aliphatic rings. The van der Waals surface area contributed by atoms with E-state index >= 15 is 0 Å². The minimum atomic E-state index is 0.404. The Kier molecular flexibility index (Phi) is 2.92. The molecule has 94 valence electrons. The first-order valence-corrected chi connectivity index (χ1v) is 6.50. The minimum Gasteiger partial charge on any atom is -0.444 e. The van der Waals surface area contributed by atoms with E-state index in [0.717, 1.165) is 18.1 Å². The van der Waals surface area contributed by atoms with Crippen LogP contribution in [-0.4, -0.2) is 11.0 Å². The first kappa shape index (κ1) is 11.5. The summed E-state index contributed by atoms with van der Waals surface area (Å²) < 4.78 is 5.82. The van der Waals surface area contributed by atoms with Gasteiger partial charge >= 0.3 is 0 Å². The van der Waals surface area contributed by atoms with Crippen LogP contribution in [0.2, 0.25) is 0 Å². The second-order valence-electron chi connectivity index (χ2n) is 5.15. The molecule has 0 saturated carbocycles. The number of hydrogen-bond acceptors (Lipinski definition) is 3. The lowest BCUT2D eigenvalue weighted by atomic mass is 9.76. The third-order valence-corrected chi connectivity index (χ3v) is 3.43. The van der Waals surface area contributed by atoms with E-state index in [2.05, 4.69) is 48.4 Å². The van der Waals surface area contributed by atoms with Crippen LogP contribution in [0.25, 0.3) is 0 Å². The van der Waals surface area contributed by atoms with Gasteiger partial charge < -0.3 is 9.73 Å². The van der Waals surface area contributed by atoms with Gasteiger partial charge in [0.25, 0.3) is 0 Å². The number of fused-ring (bicyclic) bond motifs is 1. The van der Waals surface area contributed by atoms with Crippen LogP contribution in [0, 0.1) is 0 Å². The van der Waals surface area contributed by atoms with Crippen LogP contribution in [0.1, 0.15) is 42.5 Å². The van der Waals surface area contributed by atoms with Crippen LogP contribution in [0.15, 0.2) is 34.9 Å². The lowest BCUT2D eigenvalue weighted by Crippen LogP contribution is -2.22. The molecule has 0 radical (unpaired) electrons. The van der Waals surface area contributed by atoms with Gasteiger partial charge in [0.15, 0.2) is 0 Å². The zero-order valence-corrected chi connectivity index (χ0v) is 10.8. The van der Waals surface area contributed by atoms with Crippen molar-refractivity contribution in [3.05, 3.63) is 53.2 Å². The molecule has 0 aliphatic heterocycles. The van der Waals surface area contributed by atoms with E-state index in [1.54, 1.807) is 0 Å². The van der Waals surface area contributed by atoms with Gasteiger partial charge in [0.1, 0.15) is 5.76 Å². The number of oxazole rings is 1. The molecule has 3 nitrogen and oxygen atoms in total. The highest BCUT2D eigenvalue weighted by Gasteiger charge is 2.29. The first-order valence-electron chi connectivity index (χ1n) is 6.50. The quantitative estimate of drug-likeness (QED) is 0.896. The lowest BCUT2D eigenvalue weighted by molar-refractivity contribution is 0.404. The average molecular weight is 242 g/mol. The number of nitrogens with zero attached hydrogens (tertiary/aromatic N) is 1. The SMILES string of the molecule is CC(C)NCc1ncc(C2Cc3ccccc32)o1. The Morgan fingerprint density at radius 3 is 3.00 bits per heavy atom. The lowest BCUT2D eigenvalue weighted by Gasteiger charge is -2.27. The molecule has 2 aromatic rings. The van der Waals surface area contributed by atoms with Crippen LogP contribution in [0.3, 0.4) is 0 Å². The van der Waals surface area contributed by atoms with Gasteiger partial charge in [-0.2, -0.15) is 0 Å². The maximum absolute atomic E-state index is 5.82. The van der Waals surface area contributed by atoms with Crippen molar-refractivity contribution in [1.82, 2.24) is 10.3 Å². The normalized spacial score (nSPS) is 17.6. The predicted octanol–water partition coefficient (Wildman–Crippen LogP) is 2.86. The van der Waals surface area contributed by atoms with Gasteiger partial charge in [0.2, 0.25) is 5.89 Å². The van der Waals surface area contributed by atoms with Crippen LogP contribution >= 0.6 is 0 Å². The number of nitrogens with one attached hydrogen (secondary N) is 1. The van der Waals surface area contributed by atoms with E-state index in [-0.39, 0.29) is 0 Å². The molecule has 0 fully saturated rings. The summed E-state index contributed by atoms with van der Waals surface area (Å²) in [5.74, 6) is 2.18. The van der Waals surface area contributed by atoms with E-state index in [4.69, 9.17) is 4.42 Å². The molecule has 0 saturated heterocycles. The molecule has 1 aromatic carbocycles. The second kappa shape index (κ2) is 4.58. The van der Waals surface area contributed by atoms with Gasteiger partial charge in [-0.1, -0.05) is 38.1 Å². The van der Waals surface area contributed by atoms with Crippen LogP contribution in [0.5, 0.6) is 0 Å². The summed E-state index contributed by atoms with van der Waals surface area (Å²) in [6.45, 7) is 4.93. The highest BCUT2D eigenvalue weighted by Crippen LogP contribution is 2.39. The topological polar surface area (TPSA) is 38.1 Å². The third-order valence-electron chi connectivity index (χ3n) is 3.43. The van der Waals surface area contributed by atoms with E-state index in [9.17, 15) is 0 Å². The van der Waals surface area contributed by atoms with Gasteiger partial charge in [-0.25, -0.2) is 4.98 Å². The monoisotopic (exact) mass is 242 g/mol. The Morgan fingerprint density at radius 2 is 2.22 bits per heavy atom. The molecule has 3 heteroatoms. The summed E-state index contributed by atoms with van der Waals surface area (Å²) in [6.07, 6.45) is 2.94. The summed E-state index contributed by atoms with van der Waals surface area (Å²) in [7, 11) is 0. The maximum Gasteiger partial charge on any atom is 0.208 e. The van der Waals surface area contributed by atoms with E-state index in [1.807, 2.05) is 6.20 Å². The van der Waals surface area contributed by atoms with E-state index in [0.29, 0.717) is 18.5 Å². The largest absolute Gasteiger partial charge is 0.444 e. The van der Waals surface area contributed by atoms with Crippen LogP contribution in [-0.2, 0) is 13.0 Å². The van der Waals surface area contributed by atoms with Crippen LogP contribution < -0.4 is 5.32 Å². The Bertz CT molecular complexity index is 545. The molecule has 1 heterocycles. The van der Waals surface area contributed by atoms with E-state index < -0.39 is 0 Å². The van der Waals surface area contributed by atoms with Gasteiger partial charge in [-0.05, 0) is 17.5 Å². The summed E-state index contributed by atoms with van der Waals surface area (Å²) in [4.78, 5) is 4.33. The molecule has 0 bridgehead atoms. The molecule has 3 rings (SSSR count). The number of benzene rings is 1. The summed E-state index contributed by atoms with van der Waals surface area (Å²) in [5, 5.41) is 3.31. The molecule has 1 atom stereocenters. The predicted molar refractivity (Wildman–Crippen MR) is 70.5 cm³/mol. The highest BCUT2D eigenvalue weighted by molar-refractivity contribution is 5.44. The van der Waals surface area contributed by atoms with Crippen molar-refractivity contribution >= 4 is 0 Å². The highest BCUT2D eigenvalue weighted by atomic mass is 16.4. The van der Waals surface area contributed by atoms with Gasteiger partial charge in [-0.15, -0.1) is 0 Å². The molecular weight excluding hydrogens is 224 g/mol. The Balaban J connectivity index is 1.72. The van der Waals surface area contributed by atoms with Gasteiger partial charge in [0.05, 0.1) is 12.7 Å². The smallest absolute Gasteiger partial charge is 0.208 e. The van der Waals surface area contributed by atoms with Crippen molar-refractivity contribution in [3.8, 4) is 0 Å². The van der Waals surface area contributed by atoms with Gasteiger partial charge in [-0.3, -0.25) is 0 Å². The Labute approximate surface area is 107 Å². The Hall–Kier alpha value is -1.61. The average Bonchev–Trinajstić information content (AvgIpc) is 2.77. The minimum absolute atomic E-state index is 0.404. The molecule has 0 spiro atoms. The zero-order valence-electron chi connectivity index (χ0n) is 10.8. The first-order chi connectivity index (χ1) is 8.74. The number of rotatable bonds is 4. The fraction of sp³-hybridized carbons (Fsp3) is 0.400. The van der Waals surface area contributed by atoms with Crippen molar-refractivity contribution in [2.75, 3.05) is 0 Å². The van der Waals surface area contributed by atoms with Crippen LogP contribution in [0.4, 0.5) is 0 Å². The molecule has 18 heavy (non-hydrogen) atoms. The standard InChI is InChI=1S/C15H18N2O/c1-10(2)16-9-15-17-8-14(18-15)13-7-11-5-3-4-6-12(11)13/h3-6,8,10,13,16H,7,9H2,1-2H3. The zero-order chi connectivity index (χ0) is 12.5. The summed E-state index contributed by atoms with van der Waals surface area (Å²) >= 11 is 0. The van der Waals surface area contributed by atoms with Crippen molar-refractivity contribution in [1.29, 1.82) is 0 Å². The fourth-order valence-electron chi connectivity index (χ4n) is 2.37. The molecule has 1 N–H and O–H groups in total. The van der Waals surface area contributed by atoms with Crippen molar-refractivity contribution in [2.24, 2.45) is 0 Å². The molecular formula is C15H18N2O. The molecule has 0 amide bonds. The summed E-state index contributed by atoms with van der Waals surface area (Å²) in [6, 6.07) is 8.99. The number of aromatic nitrogens is 1.